The van der Waals surface area contributed by atoms with Crippen LogP contribution in [0.2, 0.25) is 0 Å². The van der Waals surface area contributed by atoms with E-state index < -0.39 is 0 Å². The molecule has 4 aromatic heterocycles. The summed E-state index contributed by atoms with van der Waals surface area (Å²) in [5.74, 6) is 1.19. The van der Waals surface area contributed by atoms with Crippen LogP contribution in [0.25, 0.3) is 16.9 Å². The predicted molar refractivity (Wildman–Crippen MR) is 103 cm³/mol. The molecular formula is C19H20N8O2. The van der Waals surface area contributed by atoms with Gasteiger partial charge in [-0.1, -0.05) is 5.21 Å². The number of ether oxygens (including phenoxy) is 2. The fraction of sp³-hybridized carbons (Fsp3) is 0.368. The monoisotopic (exact) mass is 392 g/mol. The second-order valence-electron chi connectivity index (χ2n) is 6.90. The van der Waals surface area contributed by atoms with Crippen LogP contribution in [-0.4, -0.2) is 60.0 Å². The second-order valence-corrected chi connectivity index (χ2v) is 6.90. The Morgan fingerprint density at radius 1 is 1.21 bits per heavy atom. The SMILES string of the molecule is COc1cc(-n2nnc3cnc(Cc4cnn(C5CCOCC5)c4)nc32)ccn1. The van der Waals surface area contributed by atoms with Crippen LogP contribution in [0.5, 0.6) is 5.88 Å². The van der Waals surface area contributed by atoms with E-state index in [-0.39, 0.29) is 0 Å². The van der Waals surface area contributed by atoms with Crippen molar-refractivity contribution in [3.8, 4) is 11.6 Å². The number of methoxy groups -OCH3 is 1. The maximum atomic E-state index is 5.43. The summed E-state index contributed by atoms with van der Waals surface area (Å²) in [6, 6.07) is 4.01. The first-order valence-electron chi connectivity index (χ1n) is 9.48. The Morgan fingerprint density at radius 2 is 2.10 bits per heavy atom. The molecule has 0 aromatic carbocycles. The number of aromatic nitrogens is 8. The van der Waals surface area contributed by atoms with Crippen molar-refractivity contribution >= 4 is 11.2 Å². The van der Waals surface area contributed by atoms with Gasteiger partial charge < -0.3 is 9.47 Å². The lowest BCUT2D eigenvalue weighted by molar-refractivity contribution is 0.0662. The van der Waals surface area contributed by atoms with Crippen LogP contribution in [-0.2, 0) is 11.2 Å². The summed E-state index contributed by atoms with van der Waals surface area (Å²) in [5, 5.41) is 12.9. The molecule has 1 fully saturated rings. The van der Waals surface area contributed by atoms with Gasteiger partial charge in [-0.3, -0.25) is 4.68 Å². The fourth-order valence-electron chi connectivity index (χ4n) is 3.47. The lowest BCUT2D eigenvalue weighted by Crippen LogP contribution is -2.19. The van der Waals surface area contributed by atoms with E-state index >= 15 is 0 Å². The Labute approximate surface area is 166 Å². The first-order chi connectivity index (χ1) is 14.3. The standard InChI is InChI=1S/C19H20N8O2/c1-28-18-9-15(2-5-20-18)27-19-16(24-25-27)11-21-17(23-19)8-13-10-22-26(12-13)14-3-6-29-7-4-14/h2,5,9-12,14H,3-4,6-8H2,1H3. The molecule has 5 rings (SSSR count). The van der Waals surface area contributed by atoms with Crippen molar-refractivity contribution in [2.24, 2.45) is 0 Å². The molecule has 0 radical (unpaired) electrons. The molecule has 0 spiro atoms. The first-order valence-corrected chi connectivity index (χ1v) is 9.48. The topological polar surface area (TPSA) is 106 Å². The van der Waals surface area contributed by atoms with E-state index in [1.54, 1.807) is 30.3 Å². The van der Waals surface area contributed by atoms with Gasteiger partial charge in [-0.05, 0) is 24.5 Å². The molecule has 29 heavy (non-hydrogen) atoms. The van der Waals surface area contributed by atoms with E-state index in [1.165, 1.54) is 0 Å². The van der Waals surface area contributed by atoms with Crippen molar-refractivity contribution in [2.75, 3.05) is 20.3 Å². The molecule has 0 unspecified atom stereocenters. The minimum atomic E-state index is 0.396. The number of pyridine rings is 1. The van der Waals surface area contributed by atoms with Crippen molar-refractivity contribution in [1.82, 2.24) is 39.7 Å². The van der Waals surface area contributed by atoms with Crippen LogP contribution in [0.3, 0.4) is 0 Å². The summed E-state index contributed by atoms with van der Waals surface area (Å²) in [7, 11) is 1.58. The molecule has 0 aliphatic carbocycles. The number of hydrogen-bond donors (Lipinski definition) is 0. The number of rotatable bonds is 5. The molecule has 0 saturated carbocycles. The minimum Gasteiger partial charge on any atom is -0.481 e. The number of fused-ring (bicyclic) bond motifs is 1. The lowest BCUT2D eigenvalue weighted by Gasteiger charge is -2.22. The molecule has 0 atom stereocenters. The Kier molecular flexibility index (Phi) is 4.60. The van der Waals surface area contributed by atoms with Gasteiger partial charge in [0.2, 0.25) is 5.88 Å². The lowest BCUT2D eigenvalue weighted by atomic mass is 10.1. The van der Waals surface area contributed by atoms with Crippen LogP contribution >= 0.6 is 0 Å². The normalized spacial score (nSPS) is 15.1. The summed E-state index contributed by atoms with van der Waals surface area (Å²) in [5.41, 5.74) is 3.11. The summed E-state index contributed by atoms with van der Waals surface area (Å²) >= 11 is 0. The predicted octanol–water partition coefficient (Wildman–Crippen LogP) is 1.75. The van der Waals surface area contributed by atoms with Crippen molar-refractivity contribution in [2.45, 2.75) is 25.3 Å². The molecule has 10 heteroatoms. The molecule has 1 aliphatic rings. The summed E-state index contributed by atoms with van der Waals surface area (Å²) in [4.78, 5) is 13.3. The second kappa shape index (κ2) is 7.55. The van der Waals surface area contributed by atoms with Crippen molar-refractivity contribution < 1.29 is 9.47 Å². The Morgan fingerprint density at radius 3 is 2.97 bits per heavy atom. The molecule has 148 valence electrons. The summed E-state index contributed by atoms with van der Waals surface area (Å²) in [6.07, 6.45) is 9.88. The molecule has 4 aromatic rings. The third-order valence-electron chi connectivity index (χ3n) is 5.00. The van der Waals surface area contributed by atoms with Gasteiger partial charge in [-0.25, -0.2) is 15.0 Å². The molecule has 1 saturated heterocycles. The third kappa shape index (κ3) is 3.54. The van der Waals surface area contributed by atoms with Crippen LogP contribution in [0.15, 0.2) is 36.9 Å². The van der Waals surface area contributed by atoms with Gasteiger partial charge in [-0.2, -0.15) is 9.78 Å². The number of hydrogen-bond acceptors (Lipinski definition) is 8. The molecule has 10 nitrogen and oxygen atoms in total. The van der Waals surface area contributed by atoms with Crippen LogP contribution in [0.4, 0.5) is 0 Å². The van der Waals surface area contributed by atoms with Crippen LogP contribution < -0.4 is 4.74 Å². The van der Waals surface area contributed by atoms with Gasteiger partial charge in [0.1, 0.15) is 5.82 Å². The van der Waals surface area contributed by atoms with Gasteiger partial charge >= 0.3 is 0 Å². The van der Waals surface area contributed by atoms with Crippen molar-refractivity contribution in [3.05, 3.63) is 48.3 Å². The zero-order chi connectivity index (χ0) is 19.6. The van der Waals surface area contributed by atoms with E-state index in [4.69, 9.17) is 14.5 Å². The maximum absolute atomic E-state index is 5.43. The highest BCUT2D eigenvalue weighted by Gasteiger charge is 2.17. The van der Waals surface area contributed by atoms with E-state index in [2.05, 4.69) is 31.6 Å². The molecule has 1 aliphatic heterocycles. The zero-order valence-electron chi connectivity index (χ0n) is 16.0. The number of nitrogens with zero attached hydrogens (tertiary/aromatic N) is 8. The van der Waals surface area contributed by atoms with Gasteiger partial charge in [0, 0.05) is 38.1 Å². The molecule has 5 heterocycles. The van der Waals surface area contributed by atoms with E-state index in [9.17, 15) is 0 Å². The molecule has 0 bridgehead atoms. The quantitative estimate of drug-likeness (QED) is 0.506. The summed E-state index contributed by atoms with van der Waals surface area (Å²) < 4.78 is 14.3. The van der Waals surface area contributed by atoms with Gasteiger partial charge in [0.25, 0.3) is 0 Å². The maximum Gasteiger partial charge on any atom is 0.215 e. The highest BCUT2D eigenvalue weighted by atomic mass is 16.5. The highest BCUT2D eigenvalue weighted by Crippen LogP contribution is 2.21. The van der Waals surface area contributed by atoms with Crippen LogP contribution in [0, 0.1) is 0 Å². The molecule has 0 N–H and O–H groups in total. The first kappa shape index (κ1) is 17.7. The van der Waals surface area contributed by atoms with Crippen molar-refractivity contribution in [1.29, 1.82) is 0 Å². The third-order valence-corrected chi connectivity index (χ3v) is 5.00. The fourth-order valence-corrected chi connectivity index (χ4v) is 3.47. The average Bonchev–Trinajstić information content (AvgIpc) is 3.41. The largest absolute Gasteiger partial charge is 0.481 e. The minimum absolute atomic E-state index is 0.396. The smallest absolute Gasteiger partial charge is 0.215 e. The highest BCUT2D eigenvalue weighted by molar-refractivity contribution is 5.70. The van der Waals surface area contributed by atoms with Gasteiger partial charge in [0.15, 0.2) is 11.2 Å². The van der Waals surface area contributed by atoms with Crippen molar-refractivity contribution in [3.63, 3.8) is 0 Å². The van der Waals surface area contributed by atoms with Gasteiger partial charge in [0.05, 0.1) is 31.2 Å². The molecule has 0 amide bonds. The Bertz CT molecular complexity index is 1130. The van der Waals surface area contributed by atoms with Crippen LogP contribution in [0.1, 0.15) is 30.3 Å². The Hall–Kier alpha value is -3.40. The average molecular weight is 392 g/mol. The molecular weight excluding hydrogens is 372 g/mol. The van der Waals surface area contributed by atoms with E-state index in [1.807, 2.05) is 16.9 Å². The summed E-state index contributed by atoms with van der Waals surface area (Å²) in [6.45, 7) is 1.58. The Balaban J connectivity index is 1.42. The van der Waals surface area contributed by atoms with Gasteiger partial charge in [-0.15, -0.1) is 5.10 Å². The zero-order valence-corrected chi connectivity index (χ0v) is 16.0. The van der Waals surface area contributed by atoms with E-state index in [0.29, 0.717) is 35.3 Å². The van der Waals surface area contributed by atoms with E-state index in [0.717, 1.165) is 37.3 Å².